The number of aromatic amines is 1. The second-order valence-corrected chi connectivity index (χ2v) is 4.42. The van der Waals surface area contributed by atoms with E-state index in [2.05, 4.69) is 24.1 Å². The van der Waals surface area contributed by atoms with Crippen LogP contribution >= 0.6 is 12.2 Å². The van der Waals surface area contributed by atoms with Gasteiger partial charge in [0.2, 0.25) is 5.91 Å². The first kappa shape index (κ1) is 13.0. The van der Waals surface area contributed by atoms with Crippen molar-refractivity contribution in [3.8, 4) is 0 Å². The van der Waals surface area contributed by atoms with Crippen molar-refractivity contribution in [2.75, 3.05) is 6.54 Å². The van der Waals surface area contributed by atoms with Crippen LogP contribution in [-0.4, -0.2) is 22.0 Å². The quantitative estimate of drug-likeness (QED) is 0.776. The molecule has 4 nitrogen and oxygen atoms in total. The van der Waals surface area contributed by atoms with Crippen LogP contribution in [0, 0.1) is 4.77 Å². The molecule has 0 atom stereocenters. The van der Waals surface area contributed by atoms with Crippen LogP contribution in [0.3, 0.4) is 0 Å². The Hall–Kier alpha value is -1.10. The maximum atomic E-state index is 11.4. The van der Waals surface area contributed by atoms with Gasteiger partial charge < -0.3 is 14.9 Å². The Labute approximate surface area is 101 Å². The zero-order chi connectivity index (χ0) is 12.1. The Morgan fingerprint density at radius 1 is 1.62 bits per heavy atom. The Kier molecular flexibility index (Phi) is 4.73. The van der Waals surface area contributed by atoms with E-state index in [1.807, 2.05) is 17.7 Å². The third-order valence-corrected chi connectivity index (χ3v) is 2.77. The van der Waals surface area contributed by atoms with Crippen LogP contribution in [0.5, 0.6) is 0 Å². The predicted molar refractivity (Wildman–Crippen MR) is 67.0 cm³/mol. The Bertz CT molecular complexity index is 406. The number of hydrogen-bond donors (Lipinski definition) is 2. The molecule has 0 fully saturated rings. The van der Waals surface area contributed by atoms with Crippen LogP contribution in [0.2, 0.25) is 0 Å². The van der Waals surface area contributed by atoms with E-state index in [9.17, 15) is 4.79 Å². The van der Waals surface area contributed by atoms with Crippen molar-refractivity contribution >= 4 is 18.1 Å². The van der Waals surface area contributed by atoms with Gasteiger partial charge in [-0.25, -0.2) is 0 Å². The van der Waals surface area contributed by atoms with Crippen LogP contribution < -0.4 is 5.32 Å². The lowest BCUT2D eigenvalue weighted by Crippen LogP contribution is -2.24. The zero-order valence-corrected chi connectivity index (χ0v) is 10.9. The first-order valence-electron chi connectivity index (χ1n) is 5.61. The van der Waals surface area contributed by atoms with Crippen molar-refractivity contribution in [3.05, 3.63) is 16.7 Å². The Morgan fingerprint density at radius 2 is 2.31 bits per heavy atom. The van der Waals surface area contributed by atoms with E-state index < -0.39 is 0 Å². The maximum Gasteiger partial charge on any atom is 0.221 e. The minimum atomic E-state index is 0.0697. The second kappa shape index (κ2) is 5.84. The fourth-order valence-electron chi connectivity index (χ4n) is 1.62. The third kappa shape index (κ3) is 3.20. The van der Waals surface area contributed by atoms with Crippen LogP contribution in [0.1, 0.15) is 38.8 Å². The van der Waals surface area contributed by atoms with E-state index in [0.29, 0.717) is 30.2 Å². The Balaban J connectivity index is 2.69. The second-order valence-electron chi connectivity index (χ2n) is 4.03. The highest BCUT2D eigenvalue weighted by atomic mass is 32.1. The number of imidazole rings is 1. The van der Waals surface area contributed by atoms with Gasteiger partial charge in [-0.3, -0.25) is 4.79 Å². The molecule has 1 heterocycles. The van der Waals surface area contributed by atoms with Crippen LogP contribution in [0.4, 0.5) is 0 Å². The van der Waals surface area contributed by atoms with Crippen LogP contribution in [0.25, 0.3) is 0 Å². The van der Waals surface area contributed by atoms with Gasteiger partial charge in [0.25, 0.3) is 0 Å². The summed E-state index contributed by atoms with van der Waals surface area (Å²) in [5.41, 5.74) is 1.15. The molecule has 0 bridgehead atoms. The van der Waals surface area contributed by atoms with Crippen molar-refractivity contribution in [1.29, 1.82) is 0 Å². The molecule has 0 saturated carbocycles. The number of amides is 1. The predicted octanol–water partition coefficient (Wildman–Crippen LogP) is 2.20. The van der Waals surface area contributed by atoms with Gasteiger partial charge in [0, 0.05) is 31.4 Å². The van der Waals surface area contributed by atoms with Crippen LogP contribution in [-0.2, 0) is 11.3 Å². The first-order chi connectivity index (χ1) is 7.56. The molecule has 0 aliphatic rings. The van der Waals surface area contributed by atoms with E-state index in [1.165, 1.54) is 0 Å². The highest BCUT2D eigenvalue weighted by molar-refractivity contribution is 7.71. The molecule has 0 aliphatic heterocycles. The molecule has 0 saturated heterocycles. The molecule has 90 valence electrons. The van der Waals surface area contributed by atoms with Gasteiger partial charge in [0.1, 0.15) is 0 Å². The summed E-state index contributed by atoms with van der Waals surface area (Å²) in [6.45, 7) is 7.45. The van der Waals surface area contributed by atoms with Crippen molar-refractivity contribution in [2.45, 2.75) is 39.7 Å². The minimum absolute atomic E-state index is 0.0697. The number of carbonyl (C=O) groups is 1. The van der Waals surface area contributed by atoms with E-state index in [-0.39, 0.29) is 5.91 Å². The average molecular weight is 241 g/mol. The smallest absolute Gasteiger partial charge is 0.221 e. The van der Waals surface area contributed by atoms with Gasteiger partial charge >= 0.3 is 0 Å². The molecule has 0 spiro atoms. The van der Waals surface area contributed by atoms with Gasteiger partial charge in [0.15, 0.2) is 4.77 Å². The molecule has 0 aliphatic carbocycles. The van der Waals surface area contributed by atoms with Crippen molar-refractivity contribution < 1.29 is 4.79 Å². The standard InChI is InChI=1S/C11H19N3OS/c1-4-12-10(15)5-6-14-9(8(2)3)7-13-11(14)16/h7-8H,4-6H2,1-3H3,(H,12,15)(H,13,16). The molecule has 0 aromatic carbocycles. The summed E-state index contributed by atoms with van der Waals surface area (Å²) < 4.78 is 2.68. The van der Waals surface area contributed by atoms with Gasteiger partial charge in [-0.1, -0.05) is 13.8 Å². The summed E-state index contributed by atoms with van der Waals surface area (Å²) >= 11 is 5.18. The monoisotopic (exact) mass is 241 g/mol. The third-order valence-electron chi connectivity index (χ3n) is 2.43. The SMILES string of the molecule is CCNC(=O)CCn1c(C(C)C)c[nH]c1=S. The molecule has 1 aromatic rings. The molecule has 5 heteroatoms. The maximum absolute atomic E-state index is 11.4. The summed E-state index contributed by atoms with van der Waals surface area (Å²) in [7, 11) is 0. The molecule has 1 amide bonds. The molecule has 1 aromatic heterocycles. The average Bonchev–Trinajstić information content (AvgIpc) is 2.57. The van der Waals surface area contributed by atoms with Gasteiger partial charge in [-0.05, 0) is 25.1 Å². The molecule has 0 radical (unpaired) electrons. The molecule has 0 unspecified atom stereocenters. The van der Waals surface area contributed by atoms with Gasteiger partial charge in [0.05, 0.1) is 0 Å². The zero-order valence-electron chi connectivity index (χ0n) is 10.0. The lowest BCUT2D eigenvalue weighted by atomic mass is 10.1. The summed E-state index contributed by atoms with van der Waals surface area (Å²) in [5.74, 6) is 0.475. The van der Waals surface area contributed by atoms with E-state index in [1.54, 1.807) is 0 Å². The number of rotatable bonds is 5. The number of hydrogen-bond acceptors (Lipinski definition) is 2. The molecular weight excluding hydrogens is 222 g/mol. The molecule has 2 N–H and O–H groups in total. The van der Waals surface area contributed by atoms with E-state index in [0.717, 1.165) is 5.69 Å². The first-order valence-corrected chi connectivity index (χ1v) is 6.01. The lowest BCUT2D eigenvalue weighted by Gasteiger charge is -2.10. The highest BCUT2D eigenvalue weighted by Gasteiger charge is 2.09. The number of nitrogens with one attached hydrogen (secondary N) is 2. The fraction of sp³-hybridized carbons (Fsp3) is 0.636. The number of nitrogens with zero attached hydrogens (tertiary/aromatic N) is 1. The number of aromatic nitrogens is 2. The summed E-state index contributed by atoms with van der Waals surface area (Å²) in [6.07, 6.45) is 2.39. The minimum Gasteiger partial charge on any atom is -0.356 e. The summed E-state index contributed by atoms with van der Waals surface area (Å²) in [4.78, 5) is 14.4. The largest absolute Gasteiger partial charge is 0.356 e. The van der Waals surface area contributed by atoms with Crippen LogP contribution in [0.15, 0.2) is 6.20 Å². The molecular formula is C11H19N3OS. The fourth-order valence-corrected chi connectivity index (χ4v) is 1.87. The van der Waals surface area contributed by atoms with Crippen molar-refractivity contribution in [2.24, 2.45) is 0 Å². The molecule has 16 heavy (non-hydrogen) atoms. The summed E-state index contributed by atoms with van der Waals surface area (Å²) in [5, 5.41) is 2.78. The highest BCUT2D eigenvalue weighted by Crippen LogP contribution is 2.14. The van der Waals surface area contributed by atoms with E-state index >= 15 is 0 Å². The lowest BCUT2D eigenvalue weighted by molar-refractivity contribution is -0.121. The Morgan fingerprint density at radius 3 is 2.88 bits per heavy atom. The van der Waals surface area contributed by atoms with E-state index in [4.69, 9.17) is 12.2 Å². The van der Waals surface area contributed by atoms with Crippen molar-refractivity contribution in [1.82, 2.24) is 14.9 Å². The summed E-state index contributed by atoms with van der Waals surface area (Å²) in [6, 6.07) is 0. The normalized spacial score (nSPS) is 10.8. The number of H-pyrrole nitrogens is 1. The topological polar surface area (TPSA) is 49.8 Å². The molecule has 1 rings (SSSR count). The van der Waals surface area contributed by atoms with Gasteiger partial charge in [-0.15, -0.1) is 0 Å². The van der Waals surface area contributed by atoms with Gasteiger partial charge in [-0.2, -0.15) is 0 Å². The van der Waals surface area contributed by atoms with Crippen molar-refractivity contribution in [3.63, 3.8) is 0 Å². The number of carbonyl (C=O) groups excluding carboxylic acids is 1.